The van der Waals surface area contributed by atoms with Crippen LogP contribution in [0.4, 0.5) is 5.82 Å². The lowest BCUT2D eigenvalue weighted by Crippen LogP contribution is -2.22. The molecule has 2 rings (SSSR count). The molecule has 0 amide bonds. The summed E-state index contributed by atoms with van der Waals surface area (Å²) in [6.45, 7) is 3.39. The maximum Gasteiger partial charge on any atom is 0.370 e. The Morgan fingerprint density at radius 1 is 1.12 bits per heavy atom. The first-order chi connectivity index (χ1) is 12.1. The van der Waals surface area contributed by atoms with Gasteiger partial charge in [0.15, 0.2) is 11.1 Å². The maximum absolute atomic E-state index is 13.1. The third-order valence-corrected chi connectivity index (χ3v) is 5.28. The molecule has 0 aliphatic rings. The van der Waals surface area contributed by atoms with Crippen LogP contribution in [0, 0.1) is 0 Å². The van der Waals surface area contributed by atoms with Crippen LogP contribution in [0.5, 0.6) is 5.88 Å². The minimum atomic E-state index is -3.76. The van der Waals surface area contributed by atoms with Gasteiger partial charge in [-0.3, -0.25) is 4.57 Å². The molecule has 0 unspecified atom stereocenters. The second-order valence-corrected chi connectivity index (χ2v) is 6.82. The number of nitrogen functional groups attached to an aromatic ring is 1. The summed E-state index contributed by atoms with van der Waals surface area (Å²) in [5, 5.41) is 9.03. The van der Waals surface area contributed by atoms with Gasteiger partial charge in [-0.05, 0) is 13.8 Å². The zero-order valence-electron chi connectivity index (χ0n) is 14.2. The van der Waals surface area contributed by atoms with Crippen LogP contribution in [-0.4, -0.2) is 41.5 Å². The van der Waals surface area contributed by atoms with Crippen molar-refractivity contribution in [3.63, 3.8) is 0 Å². The van der Waals surface area contributed by atoms with Crippen molar-refractivity contribution < 1.29 is 23.5 Å². The summed E-state index contributed by atoms with van der Waals surface area (Å²) in [7, 11) is -3.76. The smallest absolute Gasteiger partial charge is 0.370 e. The molecule has 0 aliphatic heterocycles. The quantitative estimate of drug-likeness (QED) is 0.646. The predicted octanol–water partition coefficient (Wildman–Crippen LogP) is 1.99. The first-order valence-corrected chi connectivity index (χ1v) is 9.46. The van der Waals surface area contributed by atoms with Gasteiger partial charge in [-0.2, -0.15) is 4.98 Å². The SMILES string of the molecule is CCOP(=O)(OCC)c1c(N)nc(-c2ccccc2)nc1OCCO. The summed E-state index contributed by atoms with van der Waals surface area (Å²) in [4.78, 5) is 8.55. The number of hydrogen-bond acceptors (Lipinski definition) is 8. The van der Waals surface area contributed by atoms with Gasteiger partial charge in [0.05, 0.1) is 19.8 Å². The van der Waals surface area contributed by atoms with E-state index in [-0.39, 0.29) is 43.4 Å². The molecule has 0 fully saturated rings. The Labute approximate surface area is 146 Å². The molecule has 0 saturated heterocycles. The normalized spacial score (nSPS) is 11.5. The summed E-state index contributed by atoms with van der Waals surface area (Å²) in [6, 6.07) is 9.16. The Bertz CT molecular complexity index is 732. The highest BCUT2D eigenvalue weighted by atomic mass is 31.2. The van der Waals surface area contributed by atoms with E-state index in [0.717, 1.165) is 5.56 Å². The topological polar surface area (TPSA) is 117 Å². The molecule has 0 bridgehead atoms. The lowest BCUT2D eigenvalue weighted by molar-refractivity contribution is 0.195. The Morgan fingerprint density at radius 2 is 1.76 bits per heavy atom. The van der Waals surface area contributed by atoms with Crippen molar-refractivity contribution in [3.8, 4) is 17.3 Å². The molecule has 2 aromatic rings. The van der Waals surface area contributed by atoms with Gasteiger partial charge in [0.25, 0.3) is 0 Å². The van der Waals surface area contributed by atoms with E-state index in [0.29, 0.717) is 5.82 Å². The molecule has 1 aromatic carbocycles. The van der Waals surface area contributed by atoms with Crippen molar-refractivity contribution in [3.05, 3.63) is 30.3 Å². The Morgan fingerprint density at radius 3 is 2.32 bits per heavy atom. The third kappa shape index (κ3) is 4.55. The molecule has 136 valence electrons. The van der Waals surface area contributed by atoms with Crippen molar-refractivity contribution in [1.29, 1.82) is 0 Å². The van der Waals surface area contributed by atoms with Crippen LogP contribution < -0.4 is 15.8 Å². The largest absolute Gasteiger partial charge is 0.474 e. The minimum absolute atomic E-state index is 0.0226. The van der Waals surface area contributed by atoms with Crippen LogP contribution in [0.15, 0.2) is 30.3 Å². The van der Waals surface area contributed by atoms with Gasteiger partial charge in [-0.15, -0.1) is 0 Å². The fourth-order valence-corrected chi connectivity index (χ4v) is 3.87. The third-order valence-electron chi connectivity index (χ3n) is 3.11. The van der Waals surface area contributed by atoms with E-state index in [1.54, 1.807) is 13.8 Å². The maximum atomic E-state index is 13.1. The van der Waals surface area contributed by atoms with Gasteiger partial charge in [-0.25, -0.2) is 4.98 Å². The molecule has 3 N–H and O–H groups in total. The zero-order chi connectivity index (χ0) is 18.3. The van der Waals surface area contributed by atoms with Gasteiger partial charge in [-0.1, -0.05) is 30.3 Å². The summed E-state index contributed by atoms with van der Waals surface area (Å²) >= 11 is 0. The minimum Gasteiger partial charge on any atom is -0.474 e. The van der Waals surface area contributed by atoms with Crippen LogP contribution in [0.1, 0.15) is 13.8 Å². The Kier molecular flexibility index (Phi) is 6.90. The fourth-order valence-electron chi connectivity index (χ4n) is 2.17. The highest BCUT2D eigenvalue weighted by Crippen LogP contribution is 2.50. The number of ether oxygens (including phenoxy) is 1. The number of nitrogens with zero attached hydrogens (tertiary/aromatic N) is 2. The van der Waals surface area contributed by atoms with E-state index in [1.165, 1.54) is 0 Å². The number of aromatic nitrogens is 2. The summed E-state index contributed by atoms with van der Waals surface area (Å²) in [5.41, 5.74) is 6.77. The molecule has 8 nitrogen and oxygen atoms in total. The number of hydrogen-bond donors (Lipinski definition) is 2. The first kappa shape index (κ1) is 19.3. The first-order valence-electron chi connectivity index (χ1n) is 7.92. The molecule has 0 atom stereocenters. The summed E-state index contributed by atoms with van der Waals surface area (Å²) < 4.78 is 29.2. The lowest BCUT2D eigenvalue weighted by Gasteiger charge is -2.21. The van der Waals surface area contributed by atoms with Gasteiger partial charge < -0.3 is 24.6 Å². The molecule has 9 heteroatoms. The number of aliphatic hydroxyl groups excluding tert-OH is 1. The second-order valence-electron chi connectivity index (χ2n) is 4.86. The van der Waals surface area contributed by atoms with Crippen LogP contribution in [0.25, 0.3) is 11.4 Å². The zero-order valence-corrected chi connectivity index (χ0v) is 15.1. The van der Waals surface area contributed by atoms with E-state index < -0.39 is 7.60 Å². The predicted molar refractivity (Wildman–Crippen MR) is 95.0 cm³/mol. The van der Waals surface area contributed by atoms with Gasteiger partial charge in [0, 0.05) is 5.56 Å². The molecule has 0 saturated carbocycles. The standard InChI is InChI=1S/C16H22N3O5P/c1-3-23-25(21,24-4-2)13-14(17)18-15(12-8-6-5-7-9-12)19-16(13)22-11-10-20/h5-9,20H,3-4,10-11H2,1-2H3,(H2,17,18,19). The highest BCUT2D eigenvalue weighted by molar-refractivity contribution is 7.62. The number of rotatable bonds is 9. The van der Waals surface area contributed by atoms with Gasteiger partial charge >= 0.3 is 7.60 Å². The lowest BCUT2D eigenvalue weighted by atomic mass is 10.2. The molecule has 0 aliphatic carbocycles. The van der Waals surface area contributed by atoms with Crippen LogP contribution in [0.2, 0.25) is 0 Å². The fraction of sp³-hybridized carbons (Fsp3) is 0.375. The van der Waals surface area contributed by atoms with Crippen LogP contribution >= 0.6 is 7.60 Å². The highest BCUT2D eigenvalue weighted by Gasteiger charge is 2.36. The molecule has 0 radical (unpaired) electrons. The molecule has 1 heterocycles. The van der Waals surface area contributed by atoms with Crippen LogP contribution in [-0.2, 0) is 13.6 Å². The van der Waals surface area contributed by atoms with Gasteiger partial charge in [0.1, 0.15) is 12.4 Å². The Hall–Kier alpha value is -1.99. The van der Waals surface area contributed by atoms with E-state index in [4.69, 9.17) is 24.6 Å². The number of benzene rings is 1. The molecular formula is C16H22N3O5P. The number of anilines is 1. The number of nitrogens with two attached hydrogens (primary N) is 1. The van der Waals surface area contributed by atoms with Crippen molar-refractivity contribution in [2.75, 3.05) is 32.2 Å². The molecular weight excluding hydrogens is 345 g/mol. The van der Waals surface area contributed by atoms with E-state index >= 15 is 0 Å². The Balaban J connectivity index is 2.60. The molecule has 0 spiro atoms. The van der Waals surface area contributed by atoms with Crippen LogP contribution in [0.3, 0.4) is 0 Å². The van der Waals surface area contributed by atoms with Gasteiger partial charge in [0.2, 0.25) is 5.88 Å². The van der Waals surface area contributed by atoms with Crippen molar-refractivity contribution in [1.82, 2.24) is 9.97 Å². The van der Waals surface area contributed by atoms with E-state index in [9.17, 15) is 4.57 Å². The van der Waals surface area contributed by atoms with Crippen molar-refractivity contribution in [2.45, 2.75) is 13.8 Å². The van der Waals surface area contributed by atoms with E-state index in [2.05, 4.69) is 9.97 Å². The molecule has 25 heavy (non-hydrogen) atoms. The monoisotopic (exact) mass is 367 g/mol. The average Bonchev–Trinajstić information content (AvgIpc) is 2.60. The van der Waals surface area contributed by atoms with Crippen molar-refractivity contribution in [2.24, 2.45) is 0 Å². The molecule has 1 aromatic heterocycles. The summed E-state index contributed by atoms with van der Waals surface area (Å²) in [6.07, 6.45) is 0. The average molecular weight is 367 g/mol. The van der Waals surface area contributed by atoms with E-state index in [1.807, 2.05) is 30.3 Å². The summed E-state index contributed by atoms with van der Waals surface area (Å²) in [5.74, 6) is 0.243. The number of aliphatic hydroxyl groups is 1. The van der Waals surface area contributed by atoms with Crippen molar-refractivity contribution >= 4 is 18.7 Å². The second kappa shape index (κ2) is 8.92.